The lowest BCUT2D eigenvalue weighted by molar-refractivity contribution is -0.875. The van der Waals surface area contributed by atoms with Crippen LogP contribution in [-0.2, 0) is 4.57 Å². The van der Waals surface area contributed by atoms with Crippen LogP contribution in [0.15, 0.2) is 24.3 Å². The van der Waals surface area contributed by atoms with E-state index < -0.39 is 12.9 Å². The minimum atomic E-state index is -4.55. The number of allylic oxidation sites excluding steroid dienone is 4. The van der Waals surface area contributed by atoms with E-state index in [0.29, 0.717) is 10.9 Å². The van der Waals surface area contributed by atoms with Crippen LogP contribution in [0.2, 0.25) is 0 Å². The van der Waals surface area contributed by atoms with E-state index in [1.54, 1.807) is 0 Å². The number of rotatable bonds is 20. The zero-order valence-corrected chi connectivity index (χ0v) is 21.7. The highest BCUT2D eigenvalue weighted by molar-refractivity contribution is 7.53. The second-order valence-corrected chi connectivity index (χ2v) is 11.9. The van der Waals surface area contributed by atoms with Gasteiger partial charge in [0.05, 0.1) is 21.1 Å². The third-order valence-electron chi connectivity index (χ3n) is 5.50. The first-order valence-corrected chi connectivity index (χ1v) is 14.0. The Morgan fingerprint density at radius 3 is 1.48 bits per heavy atom. The lowest BCUT2D eigenvalue weighted by atomic mass is 10.1. The average Bonchev–Trinajstić information content (AvgIpc) is 2.65. The van der Waals surface area contributed by atoms with Crippen molar-refractivity contribution in [2.24, 2.45) is 0 Å². The van der Waals surface area contributed by atoms with Crippen LogP contribution in [0.3, 0.4) is 0 Å². The maximum atomic E-state index is 11.8. The lowest BCUT2D eigenvalue weighted by Gasteiger charge is -2.35. The Bertz CT molecular complexity index is 536. The molecule has 0 aliphatic rings. The predicted octanol–water partition coefficient (Wildman–Crippen LogP) is 6.54. The number of unbranched alkanes of at least 4 members (excludes halogenated alkanes) is 11. The molecule has 5 nitrogen and oxygen atoms in total. The summed E-state index contributed by atoms with van der Waals surface area (Å²) in [7, 11) is 0.950. The number of likely N-dealkylation sites (N-methyl/N-ethyl adjacent to an activating group) is 1. The molecule has 0 spiro atoms. The molecule has 0 heterocycles. The molecule has 184 valence electrons. The SMILES string of the molecule is CCC/C=C\CCCCCCC/C=C\CCCCCCC(O)(C[N+](C)(C)C)P(=O)(O)O. The first kappa shape index (κ1) is 30.6. The van der Waals surface area contributed by atoms with Crippen molar-refractivity contribution in [1.29, 1.82) is 0 Å². The van der Waals surface area contributed by atoms with Crippen molar-refractivity contribution in [1.82, 2.24) is 0 Å². The highest BCUT2D eigenvalue weighted by atomic mass is 31.2. The van der Waals surface area contributed by atoms with Gasteiger partial charge >= 0.3 is 7.60 Å². The molecule has 0 radical (unpaired) electrons. The van der Waals surface area contributed by atoms with Gasteiger partial charge < -0.3 is 19.4 Å². The molecule has 6 heteroatoms. The Balaban J connectivity index is 3.69. The van der Waals surface area contributed by atoms with E-state index in [1.807, 2.05) is 21.1 Å². The molecule has 0 aliphatic carbocycles. The summed E-state index contributed by atoms with van der Waals surface area (Å²) in [6, 6.07) is 0. The second-order valence-electron chi connectivity index (χ2n) is 10.0. The molecule has 0 saturated heterocycles. The van der Waals surface area contributed by atoms with E-state index in [1.165, 1.54) is 51.4 Å². The molecule has 0 fully saturated rings. The quantitative estimate of drug-likeness (QED) is 0.0834. The van der Waals surface area contributed by atoms with Crippen LogP contribution in [0.1, 0.15) is 103 Å². The van der Waals surface area contributed by atoms with Gasteiger partial charge in [-0.15, -0.1) is 0 Å². The molecule has 0 aromatic heterocycles. The Hall–Kier alpha value is -0.450. The summed E-state index contributed by atoms with van der Waals surface area (Å²) in [5, 5.41) is 8.61. The third kappa shape index (κ3) is 17.7. The van der Waals surface area contributed by atoms with Crippen molar-refractivity contribution in [3.8, 4) is 0 Å². The predicted molar refractivity (Wildman–Crippen MR) is 133 cm³/mol. The van der Waals surface area contributed by atoms with Crippen LogP contribution in [0.5, 0.6) is 0 Å². The number of nitrogens with zero attached hydrogens (tertiary/aromatic N) is 1. The fourth-order valence-electron chi connectivity index (χ4n) is 3.79. The Morgan fingerprint density at radius 2 is 1.10 bits per heavy atom. The molecule has 3 N–H and O–H groups in total. The van der Waals surface area contributed by atoms with Crippen molar-refractivity contribution in [2.45, 2.75) is 109 Å². The second kappa shape index (κ2) is 17.1. The molecule has 0 bridgehead atoms. The normalized spacial score (nSPS) is 15.2. The molecule has 0 aliphatic heterocycles. The van der Waals surface area contributed by atoms with E-state index in [2.05, 4.69) is 31.2 Å². The zero-order chi connectivity index (χ0) is 23.6. The largest absolute Gasteiger partial charge is 0.373 e. The number of aliphatic hydroxyl groups is 1. The van der Waals surface area contributed by atoms with Crippen molar-refractivity contribution in [2.75, 3.05) is 27.7 Å². The maximum absolute atomic E-state index is 11.8. The molecule has 0 aromatic carbocycles. The van der Waals surface area contributed by atoms with Crippen molar-refractivity contribution in [3.05, 3.63) is 24.3 Å². The summed E-state index contributed by atoms with van der Waals surface area (Å²) in [4.78, 5) is 19.2. The van der Waals surface area contributed by atoms with Gasteiger partial charge in [0, 0.05) is 0 Å². The van der Waals surface area contributed by atoms with E-state index in [-0.39, 0.29) is 13.0 Å². The van der Waals surface area contributed by atoms with E-state index in [0.717, 1.165) is 32.1 Å². The Morgan fingerprint density at radius 1 is 0.710 bits per heavy atom. The topological polar surface area (TPSA) is 77.8 Å². The van der Waals surface area contributed by atoms with E-state index in [9.17, 15) is 19.5 Å². The monoisotopic (exact) mass is 460 g/mol. The van der Waals surface area contributed by atoms with Gasteiger partial charge in [-0.2, -0.15) is 0 Å². The van der Waals surface area contributed by atoms with Crippen molar-refractivity contribution < 1.29 is 23.9 Å². The summed E-state index contributed by atoms with van der Waals surface area (Å²) < 4.78 is 12.1. The first-order valence-electron chi connectivity index (χ1n) is 12.4. The van der Waals surface area contributed by atoms with Crippen LogP contribution in [0, 0.1) is 0 Å². The van der Waals surface area contributed by atoms with Gasteiger partial charge in [0.25, 0.3) is 0 Å². The molecule has 31 heavy (non-hydrogen) atoms. The molecule has 1 atom stereocenters. The molecule has 0 rings (SSSR count). The summed E-state index contributed by atoms with van der Waals surface area (Å²) >= 11 is 0. The lowest BCUT2D eigenvalue weighted by Crippen LogP contribution is -2.49. The summed E-state index contributed by atoms with van der Waals surface area (Å²) in [6.07, 6.45) is 25.5. The fourth-order valence-corrected chi connectivity index (χ4v) is 4.85. The molecule has 0 amide bonds. The van der Waals surface area contributed by atoms with Crippen molar-refractivity contribution in [3.63, 3.8) is 0 Å². The molecule has 0 saturated carbocycles. The van der Waals surface area contributed by atoms with Crippen LogP contribution in [0.25, 0.3) is 0 Å². The highest BCUT2D eigenvalue weighted by Crippen LogP contribution is 2.52. The highest BCUT2D eigenvalue weighted by Gasteiger charge is 2.48. The number of quaternary nitrogens is 1. The van der Waals surface area contributed by atoms with Crippen LogP contribution in [0.4, 0.5) is 0 Å². The third-order valence-corrected chi connectivity index (χ3v) is 6.95. The van der Waals surface area contributed by atoms with Gasteiger partial charge in [-0.1, -0.05) is 69.8 Å². The number of hydrogen-bond acceptors (Lipinski definition) is 2. The van der Waals surface area contributed by atoms with Crippen molar-refractivity contribution >= 4 is 7.60 Å². The van der Waals surface area contributed by atoms with E-state index >= 15 is 0 Å². The van der Waals surface area contributed by atoms with Gasteiger partial charge in [-0.25, -0.2) is 0 Å². The standard InChI is InChI=1S/C25H50NO4P/c1-5-6-7-8-9-10-11-12-13-14-15-16-17-18-19-20-21-22-23-25(27,31(28,29)30)24-26(2,3)4/h7-8,16-17,27H,5-6,9-15,18-24H2,1-4H3,(H-,28,29,30)/p+1/b8-7-,17-16-. The first-order chi connectivity index (χ1) is 14.5. The van der Waals surface area contributed by atoms with Gasteiger partial charge in [0.1, 0.15) is 6.54 Å². The minimum Gasteiger partial charge on any atom is -0.373 e. The minimum absolute atomic E-state index is 0.0516. The summed E-state index contributed by atoms with van der Waals surface area (Å²) in [6.45, 7) is 2.27. The molecule has 1 unspecified atom stereocenters. The Kier molecular flexibility index (Phi) is 16.8. The fraction of sp³-hybridized carbons (Fsp3) is 0.840. The van der Waals surface area contributed by atoms with Crippen LogP contribution in [-0.4, -0.2) is 52.4 Å². The van der Waals surface area contributed by atoms with E-state index in [4.69, 9.17) is 0 Å². The van der Waals surface area contributed by atoms with Gasteiger partial charge in [0.2, 0.25) is 5.34 Å². The maximum Gasteiger partial charge on any atom is 0.362 e. The number of hydrogen-bond donors (Lipinski definition) is 3. The smallest absolute Gasteiger partial charge is 0.362 e. The zero-order valence-electron chi connectivity index (χ0n) is 20.8. The Labute approximate surface area is 192 Å². The van der Waals surface area contributed by atoms with Crippen LogP contribution >= 0.6 is 7.60 Å². The summed E-state index contributed by atoms with van der Waals surface area (Å²) in [5.74, 6) is 0. The average molecular weight is 461 g/mol. The molecule has 0 aromatic rings. The van der Waals surface area contributed by atoms with Gasteiger partial charge in [-0.3, -0.25) is 4.57 Å². The van der Waals surface area contributed by atoms with Crippen LogP contribution < -0.4 is 0 Å². The molecular formula is C25H51NO4P+. The molecular weight excluding hydrogens is 409 g/mol. The van der Waals surface area contributed by atoms with Gasteiger partial charge in [-0.05, 0) is 57.8 Å². The summed E-state index contributed by atoms with van der Waals surface area (Å²) in [5.41, 5.74) is 0. The van der Waals surface area contributed by atoms with Gasteiger partial charge in [0.15, 0.2) is 0 Å².